The van der Waals surface area contributed by atoms with Crippen LogP contribution in [0.3, 0.4) is 0 Å². The summed E-state index contributed by atoms with van der Waals surface area (Å²) in [6.45, 7) is 1.21. The number of nitrogens with two attached hydrogens (primary N) is 1. The van der Waals surface area contributed by atoms with Gasteiger partial charge in [-0.25, -0.2) is 0 Å². The van der Waals surface area contributed by atoms with Gasteiger partial charge in [-0.1, -0.05) is 29.0 Å². The largest absolute Gasteiger partial charge is 0.324 e. The fourth-order valence-electron chi connectivity index (χ4n) is 0.914. The van der Waals surface area contributed by atoms with Crippen molar-refractivity contribution in [2.75, 3.05) is 20.1 Å². The molecular formula is C8H17IN2O. The summed E-state index contributed by atoms with van der Waals surface area (Å²) in [7, 11) is 1.94. The number of carbonyl (C=O) groups excluding carboxylic acids is 1. The maximum Gasteiger partial charge on any atom is 0.159 e. The number of ketones is 1. The molecule has 72 valence electrons. The van der Waals surface area contributed by atoms with E-state index in [1.807, 2.05) is 7.05 Å². The molecule has 4 heteroatoms. The predicted octanol–water partition coefficient (Wildman–Crippen LogP) is 0.708. The molecule has 0 fully saturated rings. The van der Waals surface area contributed by atoms with E-state index < -0.39 is 0 Å². The second-order valence-electron chi connectivity index (χ2n) is 2.74. The van der Waals surface area contributed by atoms with Gasteiger partial charge in [0.25, 0.3) is 0 Å². The Morgan fingerprint density at radius 2 is 2.25 bits per heavy atom. The first-order valence-corrected chi connectivity index (χ1v) is 5.48. The number of unbranched alkanes of at least 4 members (excludes halogenated alkanes) is 1. The van der Waals surface area contributed by atoms with Gasteiger partial charge in [0.1, 0.15) is 0 Å². The molecule has 0 saturated heterocycles. The van der Waals surface area contributed by atoms with Gasteiger partial charge in [0, 0.05) is 0 Å². The van der Waals surface area contributed by atoms with Gasteiger partial charge in [-0.3, -0.25) is 4.79 Å². The first kappa shape index (κ1) is 12.3. The second-order valence-corrected chi connectivity index (χ2v) is 4.24. The van der Waals surface area contributed by atoms with Gasteiger partial charge in [-0.15, -0.1) is 0 Å². The normalized spacial score (nSPS) is 12.9. The molecule has 0 rings (SSSR count). The van der Waals surface area contributed by atoms with Crippen LogP contribution in [0.25, 0.3) is 0 Å². The van der Waals surface area contributed by atoms with Crippen LogP contribution >= 0.6 is 22.6 Å². The highest BCUT2D eigenvalue weighted by atomic mass is 127. The summed E-state index contributed by atoms with van der Waals surface area (Å²) in [5.41, 5.74) is 5.24. The summed E-state index contributed by atoms with van der Waals surface area (Å²) >= 11 is 2.17. The molecule has 3 N–H and O–H groups in total. The Labute approximate surface area is 87.6 Å². The minimum Gasteiger partial charge on any atom is -0.324 e. The average molecular weight is 284 g/mol. The van der Waals surface area contributed by atoms with E-state index in [0.717, 1.165) is 25.8 Å². The first-order chi connectivity index (χ1) is 5.72. The van der Waals surface area contributed by atoms with Crippen LogP contribution in [0.4, 0.5) is 0 Å². The highest BCUT2D eigenvalue weighted by Crippen LogP contribution is 2.10. The van der Waals surface area contributed by atoms with Crippen molar-refractivity contribution in [2.45, 2.75) is 23.2 Å². The summed E-state index contributed by atoms with van der Waals surface area (Å²) in [5.74, 6) is 0.167. The number of hydrogen-bond donors (Lipinski definition) is 2. The Morgan fingerprint density at radius 3 is 2.75 bits per heavy atom. The maximum atomic E-state index is 11.0. The Hall–Kier alpha value is 0.320. The van der Waals surface area contributed by atoms with Crippen LogP contribution in [0.1, 0.15) is 19.3 Å². The van der Waals surface area contributed by atoms with Crippen LogP contribution in [0.15, 0.2) is 0 Å². The van der Waals surface area contributed by atoms with Gasteiger partial charge in [0.05, 0.1) is 10.5 Å². The molecule has 0 amide bonds. The molecule has 0 aromatic rings. The molecule has 3 nitrogen and oxygen atoms in total. The van der Waals surface area contributed by atoms with Crippen molar-refractivity contribution < 1.29 is 4.79 Å². The number of halogens is 1. The van der Waals surface area contributed by atoms with E-state index >= 15 is 0 Å². The zero-order valence-electron chi connectivity index (χ0n) is 7.48. The molecule has 0 aliphatic rings. The van der Waals surface area contributed by atoms with E-state index in [4.69, 9.17) is 5.73 Å². The molecule has 0 bridgehead atoms. The predicted molar refractivity (Wildman–Crippen MR) is 59.6 cm³/mol. The lowest BCUT2D eigenvalue weighted by molar-refractivity contribution is -0.117. The van der Waals surface area contributed by atoms with Gasteiger partial charge in [0.2, 0.25) is 0 Å². The summed E-state index contributed by atoms with van der Waals surface area (Å²) in [6, 6.07) is 0. The Bertz CT molecular complexity index is 130. The summed E-state index contributed by atoms with van der Waals surface area (Å²) < 4.78 is 0.115. The average Bonchev–Trinajstić information content (AvgIpc) is 2.10. The zero-order chi connectivity index (χ0) is 9.40. The lowest BCUT2D eigenvalue weighted by Crippen LogP contribution is -2.23. The topological polar surface area (TPSA) is 55.1 Å². The lowest BCUT2D eigenvalue weighted by Gasteiger charge is -2.06. The summed E-state index contributed by atoms with van der Waals surface area (Å²) in [6.07, 6.45) is 3.19. The lowest BCUT2D eigenvalue weighted by atomic mass is 10.1. The zero-order valence-corrected chi connectivity index (χ0v) is 9.63. The quantitative estimate of drug-likeness (QED) is 0.411. The third-order valence-electron chi connectivity index (χ3n) is 1.68. The van der Waals surface area contributed by atoms with Crippen molar-refractivity contribution in [2.24, 2.45) is 5.73 Å². The number of Topliss-reactive ketones (excluding diaryl/α,β-unsaturated/α-hetero) is 1. The van der Waals surface area contributed by atoms with Crippen molar-refractivity contribution in [3.8, 4) is 0 Å². The first-order valence-electron chi connectivity index (χ1n) is 4.23. The van der Waals surface area contributed by atoms with Gasteiger partial charge >= 0.3 is 0 Å². The van der Waals surface area contributed by atoms with E-state index in [9.17, 15) is 4.79 Å². The van der Waals surface area contributed by atoms with Crippen LogP contribution < -0.4 is 11.1 Å². The number of rotatable bonds is 7. The highest BCUT2D eigenvalue weighted by Gasteiger charge is 2.11. The molecule has 0 saturated carbocycles. The SMILES string of the molecule is CNCCCC[C@@H](I)C(=O)CN. The molecule has 0 spiro atoms. The standard InChI is InChI=1S/C8H17IN2O/c1-11-5-3-2-4-7(9)8(12)6-10/h7,11H,2-6,10H2,1H3/t7-/m1/s1. The minimum atomic E-state index is 0.115. The van der Waals surface area contributed by atoms with Gasteiger partial charge in [-0.05, 0) is 26.4 Å². The fourth-order valence-corrected chi connectivity index (χ4v) is 1.61. The molecule has 0 radical (unpaired) electrons. The molecular weight excluding hydrogens is 267 g/mol. The van der Waals surface area contributed by atoms with E-state index in [2.05, 4.69) is 27.9 Å². The highest BCUT2D eigenvalue weighted by molar-refractivity contribution is 14.1. The van der Waals surface area contributed by atoms with E-state index in [0.29, 0.717) is 0 Å². The molecule has 0 aromatic carbocycles. The van der Waals surface area contributed by atoms with Gasteiger partial charge in [0.15, 0.2) is 5.78 Å². The van der Waals surface area contributed by atoms with Crippen LogP contribution in [0, 0.1) is 0 Å². The molecule has 0 heterocycles. The monoisotopic (exact) mass is 284 g/mol. The second kappa shape index (κ2) is 7.94. The van der Waals surface area contributed by atoms with E-state index in [1.165, 1.54) is 0 Å². The van der Waals surface area contributed by atoms with Crippen molar-refractivity contribution in [1.29, 1.82) is 0 Å². The van der Waals surface area contributed by atoms with Crippen LogP contribution in [0.2, 0.25) is 0 Å². The summed E-state index contributed by atoms with van der Waals surface area (Å²) in [5, 5.41) is 3.07. The van der Waals surface area contributed by atoms with E-state index in [1.54, 1.807) is 0 Å². The minimum absolute atomic E-state index is 0.115. The Morgan fingerprint density at radius 1 is 1.58 bits per heavy atom. The van der Waals surface area contributed by atoms with E-state index in [-0.39, 0.29) is 16.3 Å². The third-order valence-corrected chi connectivity index (χ3v) is 3.00. The summed E-state index contributed by atoms with van der Waals surface area (Å²) in [4.78, 5) is 11.0. The Balaban J connectivity index is 3.31. The molecule has 0 aliphatic heterocycles. The van der Waals surface area contributed by atoms with Gasteiger partial charge < -0.3 is 11.1 Å². The van der Waals surface area contributed by atoms with Crippen molar-refractivity contribution in [3.63, 3.8) is 0 Å². The van der Waals surface area contributed by atoms with Crippen LogP contribution in [0.5, 0.6) is 0 Å². The van der Waals surface area contributed by atoms with Gasteiger partial charge in [-0.2, -0.15) is 0 Å². The Kier molecular flexibility index (Phi) is 8.15. The molecule has 0 unspecified atom stereocenters. The molecule has 12 heavy (non-hydrogen) atoms. The van der Waals surface area contributed by atoms with Crippen molar-refractivity contribution >= 4 is 28.4 Å². The third kappa shape index (κ3) is 5.91. The number of carbonyl (C=O) groups is 1. The smallest absolute Gasteiger partial charge is 0.159 e. The molecule has 0 aliphatic carbocycles. The molecule has 0 aromatic heterocycles. The fraction of sp³-hybridized carbons (Fsp3) is 0.875. The number of nitrogens with one attached hydrogen (secondary N) is 1. The number of hydrogen-bond acceptors (Lipinski definition) is 3. The molecule has 1 atom stereocenters. The number of alkyl halides is 1. The van der Waals surface area contributed by atoms with Crippen LogP contribution in [-0.2, 0) is 4.79 Å². The van der Waals surface area contributed by atoms with Crippen LogP contribution in [-0.4, -0.2) is 29.8 Å². The van der Waals surface area contributed by atoms with Crippen molar-refractivity contribution in [3.05, 3.63) is 0 Å². The van der Waals surface area contributed by atoms with Crippen molar-refractivity contribution in [1.82, 2.24) is 5.32 Å². The maximum absolute atomic E-state index is 11.0.